The smallest absolute Gasteiger partial charge is 0.347 e. The molecule has 1 heterocycles. The van der Waals surface area contributed by atoms with Crippen molar-refractivity contribution in [1.82, 2.24) is 10.2 Å². The molecule has 0 radical (unpaired) electrons. The summed E-state index contributed by atoms with van der Waals surface area (Å²) in [7, 11) is 0. The van der Waals surface area contributed by atoms with E-state index < -0.39 is 17.6 Å². The average Bonchev–Trinajstić information content (AvgIpc) is 2.86. The fourth-order valence-electron chi connectivity index (χ4n) is 2.24. The number of nitrogens with one attached hydrogen (secondary N) is 1. The van der Waals surface area contributed by atoms with E-state index >= 15 is 0 Å². The first-order chi connectivity index (χ1) is 9.77. The highest BCUT2D eigenvalue weighted by molar-refractivity contribution is 5.94. The second kappa shape index (κ2) is 5.75. The van der Waals surface area contributed by atoms with Crippen LogP contribution in [0.1, 0.15) is 29.3 Å². The molecule has 2 rings (SSSR count). The van der Waals surface area contributed by atoms with Crippen molar-refractivity contribution in [3.63, 3.8) is 0 Å². The Labute approximate surface area is 119 Å². The van der Waals surface area contributed by atoms with E-state index in [9.17, 15) is 22.8 Å². The van der Waals surface area contributed by atoms with Crippen molar-refractivity contribution in [2.45, 2.75) is 25.6 Å². The topological polar surface area (TPSA) is 49.4 Å². The normalized spacial score (nSPS) is 18.7. The molecule has 1 fully saturated rings. The third-order valence-electron chi connectivity index (χ3n) is 3.44. The minimum Gasteiger partial charge on any atom is -0.347 e. The highest BCUT2D eigenvalue weighted by Gasteiger charge is 2.30. The Hall–Kier alpha value is -2.05. The average molecular weight is 300 g/mol. The van der Waals surface area contributed by atoms with Crippen LogP contribution in [0.4, 0.5) is 13.2 Å². The van der Waals surface area contributed by atoms with E-state index in [-0.39, 0.29) is 17.5 Å². The third-order valence-corrected chi connectivity index (χ3v) is 3.44. The lowest BCUT2D eigenvalue weighted by molar-refractivity contribution is -0.137. The van der Waals surface area contributed by atoms with E-state index in [1.165, 1.54) is 6.92 Å². The van der Waals surface area contributed by atoms with Crippen molar-refractivity contribution >= 4 is 11.8 Å². The summed E-state index contributed by atoms with van der Waals surface area (Å²) in [5.41, 5.74) is -0.619. The Morgan fingerprint density at radius 1 is 1.24 bits per heavy atom. The first-order valence-corrected chi connectivity index (χ1v) is 6.51. The molecular weight excluding hydrogens is 285 g/mol. The summed E-state index contributed by atoms with van der Waals surface area (Å²) < 4.78 is 37.3. The number of alkyl halides is 3. The summed E-state index contributed by atoms with van der Waals surface area (Å²) in [5.74, 6) is -0.486. The number of benzene rings is 1. The molecule has 1 aromatic carbocycles. The molecule has 1 aliphatic heterocycles. The maximum atomic E-state index is 12.4. The van der Waals surface area contributed by atoms with E-state index in [0.29, 0.717) is 19.5 Å². The predicted octanol–water partition coefficient (Wildman–Crippen LogP) is 2.06. The molecule has 1 aromatic rings. The molecule has 7 heteroatoms. The van der Waals surface area contributed by atoms with Gasteiger partial charge in [0, 0.05) is 31.6 Å². The molecule has 0 unspecified atom stereocenters. The maximum absolute atomic E-state index is 12.4. The van der Waals surface area contributed by atoms with Gasteiger partial charge in [0.25, 0.3) is 5.91 Å². The quantitative estimate of drug-likeness (QED) is 0.909. The Bertz CT molecular complexity index is 540. The number of rotatable bonds is 2. The molecule has 0 saturated carbocycles. The van der Waals surface area contributed by atoms with Crippen LogP contribution in [0, 0.1) is 0 Å². The van der Waals surface area contributed by atoms with Gasteiger partial charge in [-0.25, -0.2) is 0 Å². The van der Waals surface area contributed by atoms with E-state index in [1.807, 2.05) is 0 Å². The maximum Gasteiger partial charge on any atom is 0.416 e. The van der Waals surface area contributed by atoms with Gasteiger partial charge in [0.1, 0.15) is 0 Å². The summed E-state index contributed by atoms with van der Waals surface area (Å²) in [4.78, 5) is 24.8. The second-order valence-corrected chi connectivity index (χ2v) is 5.00. The molecule has 0 bridgehead atoms. The monoisotopic (exact) mass is 300 g/mol. The van der Waals surface area contributed by atoms with Crippen molar-refractivity contribution in [3.8, 4) is 0 Å². The van der Waals surface area contributed by atoms with Crippen molar-refractivity contribution < 1.29 is 22.8 Å². The van der Waals surface area contributed by atoms with Gasteiger partial charge in [-0.2, -0.15) is 13.2 Å². The van der Waals surface area contributed by atoms with Gasteiger partial charge >= 0.3 is 6.18 Å². The summed E-state index contributed by atoms with van der Waals surface area (Å²) in [6, 6.07) is 3.89. The number of halogens is 3. The van der Waals surface area contributed by atoms with Crippen molar-refractivity contribution in [2.75, 3.05) is 13.1 Å². The SMILES string of the molecule is CC(=O)N1CC[C@H](NC(=O)c2ccc(C(F)(F)F)cc2)C1. The number of hydrogen-bond acceptors (Lipinski definition) is 2. The predicted molar refractivity (Wildman–Crippen MR) is 69.6 cm³/mol. The molecule has 1 saturated heterocycles. The molecular formula is C14H15F3N2O2. The molecule has 2 amide bonds. The number of nitrogens with zero attached hydrogens (tertiary/aromatic N) is 1. The van der Waals surface area contributed by atoms with Crippen molar-refractivity contribution in [1.29, 1.82) is 0 Å². The fourth-order valence-corrected chi connectivity index (χ4v) is 2.24. The highest BCUT2D eigenvalue weighted by atomic mass is 19.4. The van der Waals surface area contributed by atoms with E-state index in [2.05, 4.69) is 5.32 Å². The molecule has 0 spiro atoms. The summed E-state index contributed by atoms with van der Waals surface area (Å²) in [5, 5.41) is 2.72. The number of carbonyl (C=O) groups excluding carboxylic acids is 2. The lowest BCUT2D eigenvalue weighted by Crippen LogP contribution is -2.38. The van der Waals surface area contributed by atoms with Gasteiger partial charge in [0.05, 0.1) is 5.56 Å². The largest absolute Gasteiger partial charge is 0.416 e. The number of hydrogen-bond donors (Lipinski definition) is 1. The van der Waals surface area contributed by atoms with Gasteiger partial charge in [-0.15, -0.1) is 0 Å². The minimum absolute atomic E-state index is 0.0544. The molecule has 0 aromatic heterocycles. The van der Waals surface area contributed by atoms with E-state index in [4.69, 9.17) is 0 Å². The van der Waals surface area contributed by atoms with Gasteiger partial charge in [-0.3, -0.25) is 9.59 Å². The first-order valence-electron chi connectivity index (χ1n) is 6.51. The molecule has 114 valence electrons. The van der Waals surface area contributed by atoms with Gasteiger partial charge < -0.3 is 10.2 Å². The molecule has 1 N–H and O–H groups in total. The Kier molecular flexibility index (Phi) is 4.20. The second-order valence-electron chi connectivity index (χ2n) is 5.00. The highest BCUT2D eigenvalue weighted by Crippen LogP contribution is 2.29. The van der Waals surface area contributed by atoms with Crippen LogP contribution in [-0.2, 0) is 11.0 Å². The molecule has 1 aliphatic rings. The summed E-state index contributed by atoms with van der Waals surface area (Å²) >= 11 is 0. The van der Waals surface area contributed by atoms with Gasteiger partial charge in [0.15, 0.2) is 0 Å². The van der Waals surface area contributed by atoms with Crippen LogP contribution in [0.2, 0.25) is 0 Å². The lowest BCUT2D eigenvalue weighted by Gasteiger charge is -2.15. The zero-order chi connectivity index (χ0) is 15.6. The molecule has 1 atom stereocenters. The van der Waals surface area contributed by atoms with E-state index in [0.717, 1.165) is 24.3 Å². The van der Waals surface area contributed by atoms with Gasteiger partial charge in [-0.05, 0) is 30.7 Å². The van der Waals surface area contributed by atoms with Crippen LogP contribution >= 0.6 is 0 Å². The number of carbonyl (C=O) groups is 2. The third kappa shape index (κ3) is 3.74. The van der Waals surface area contributed by atoms with Crippen LogP contribution in [0.25, 0.3) is 0 Å². The van der Waals surface area contributed by atoms with Gasteiger partial charge in [0.2, 0.25) is 5.91 Å². The Morgan fingerprint density at radius 3 is 2.33 bits per heavy atom. The number of amides is 2. The molecule has 0 aliphatic carbocycles. The van der Waals surface area contributed by atoms with Crippen LogP contribution in [0.5, 0.6) is 0 Å². The molecule has 21 heavy (non-hydrogen) atoms. The zero-order valence-corrected chi connectivity index (χ0v) is 11.4. The minimum atomic E-state index is -4.41. The zero-order valence-electron chi connectivity index (χ0n) is 11.4. The fraction of sp³-hybridized carbons (Fsp3) is 0.429. The number of likely N-dealkylation sites (tertiary alicyclic amines) is 1. The van der Waals surface area contributed by atoms with Crippen molar-refractivity contribution in [3.05, 3.63) is 35.4 Å². The summed E-state index contributed by atoms with van der Waals surface area (Å²) in [6.07, 6.45) is -3.77. The van der Waals surface area contributed by atoms with Gasteiger partial charge in [-0.1, -0.05) is 0 Å². The lowest BCUT2D eigenvalue weighted by atomic mass is 10.1. The van der Waals surface area contributed by atoms with Crippen molar-refractivity contribution in [2.24, 2.45) is 0 Å². The Morgan fingerprint density at radius 2 is 1.86 bits per heavy atom. The van der Waals surface area contributed by atoms with Crippen LogP contribution in [-0.4, -0.2) is 35.8 Å². The molecule has 4 nitrogen and oxygen atoms in total. The van der Waals surface area contributed by atoms with Crippen LogP contribution in [0.3, 0.4) is 0 Å². The standard InChI is InChI=1S/C14H15F3N2O2/c1-9(20)19-7-6-12(8-19)18-13(21)10-2-4-11(5-3-10)14(15,16)17/h2-5,12H,6-8H2,1H3,(H,18,21)/t12-/m0/s1. The first kappa shape index (κ1) is 15.3. The Balaban J connectivity index is 1.97. The summed E-state index contributed by atoms with van der Waals surface area (Å²) in [6.45, 7) is 2.47. The van der Waals surface area contributed by atoms with Crippen LogP contribution < -0.4 is 5.32 Å². The van der Waals surface area contributed by atoms with E-state index in [1.54, 1.807) is 4.90 Å². The van der Waals surface area contributed by atoms with Crippen LogP contribution in [0.15, 0.2) is 24.3 Å².